The molecule has 1 aromatic heterocycles. The lowest BCUT2D eigenvalue weighted by atomic mass is 10.2. The van der Waals surface area contributed by atoms with Crippen molar-refractivity contribution in [3.8, 4) is 11.4 Å². The second kappa shape index (κ2) is 7.32. The Balaban J connectivity index is 1.46. The summed E-state index contributed by atoms with van der Waals surface area (Å²) < 4.78 is 19.7. The van der Waals surface area contributed by atoms with Gasteiger partial charge in [0, 0.05) is 6.54 Å². The Hall–Kier alpha value is -3.29. The zero-order chi connectivity index (χ0) is 16.8. The molecule has 1 amide bonds. The van der Waals surface area contributed by atoms with Crippen LogP contribution in [0.1, 0.15) is 5.56 Å². The molecular formula is C16H14FN5O2. The van der Waals surface area contributed by atoms with Crippen LogP contribution in [0.2, 0.25) is 0 Å². The van der Waals surface area contributed by atoms with E-state index in [4.69, 9.17) is 4.74 Å². The average molecular weight is 327 g/mol. The number of halogens is 1. The summed E-state index contributed by atoms with van der Waals surface area (Å²) in [6, 6.07) is 13.0. The van der Waals surface area contributed by atoms with Gasteiger partial charge < -0.3 is 10.1 Å². The molecule has 3 aromatic rings. The number of hydrogen-bond acceptors (Lipinski definition) is 5. The number of hydrogen-bond donors (Lipinski definition) is 1. The molecule has 0 saturated carbocycles. The molecule has 0 bridgehead atoms. The van der Waals surface area contributed by atoms with Gasteiger partial charge in [-0.1, -0.05) is 12.1 Å². The Bertz CT molecular complexity index is 788. The maximum absolute atomic E-state index is 12.8. The first-order valence-electron chi connectivity index (χ1n) is 7.18. The molecule has 0 radical (unpaired) electrons. The summed E-state index contributed by atoms with van der Waals surface area (Å²) in [5.41, 5.74) is 1.60. The van der Waals surface area contributed by atoms with Crippen molar-refractivity contribution in [3.63, 3.8) is 0 Å². The van der Waals surface area contributed by atoms with E-state index < -0.39 is 0 Å². The SMILES string of the molecule is O=C(COc1ccc(-n2cnnn2)cc1)NCc1ccc(F)cc1. The highest BCUT2D eigenvalue weighted by Crippen LogP contribution is 2.14. The van der Waals surface area contributed by atoms with Gasteiger partial charge >= 0.3 is 0 Å². The zero-order valence-corrected chi connectivity index (χ0v) is 12.6. The van der Waals surface area contributed by atoms with Crippen LogP contribution in [0.5, 0.6) is 5.75 Å². The van der Waals surface area contributed by atoms with Crippen LogP contribution in [0, 0.1) is 5.82 Å². The maximum atomic E-state index is 12.8. The van der Waals surface area contributed by atoms with E-state index in [0.717, 1.165) is 11.3 Å². The molecule has 1 N–H and O–H groups in total. The molecule has 0 aliphatic rings. The van der Waals surface area contributed by atoms with Crippen LogP contribution in [0.4, 0.5) is 4.39 Å². The van der Waals surface area contributed by atoms with Crippen LogP contribution in [-0.4, -0.2) is 32.7 Å². The Morgan fingerprint density at radius 1 is 1.12 bits per heavy atom. The lowest BCUT2D eigenvalue weighted by molar-refractivity contribution is -0.123. The standard InChI is InChI=1S/C16H14FN5O2/c17-13-3-1-12(2-4-13)9-18-16(23)10-24-15-7-5-14(6-8-15)22-11-19-20-21-22/h1-8,11H,9-10H2,(H,18,23). The number of aromatic nitrogens is 4. The molecule has 0 saturated heterocycles. The number of nitrogens with one attached hydrogen (secondary N) is 1. The topological polar surface area (TPSA) is 81.9 Å². The molecule has 0 aliphatic heterocycles. The fourth-order valence-corrected chi connectivity index (χ4v) is 1.98. The first-order valence-corrected chi connectivity index (χ1v) is 7.18. The van der Waals surface area contributed by atoms with Gasteiger partial charge in [0.25, 0.3) is 5.91 Å². The summed E-state index contributed by atoms with van der Waals surface area (Å²) in [6.07, 6.45) is 1.48. The van der Waals surface area contributed by atoms with Gasteiger partial charge in [0.1, 0.15) is 17.9 Å². The highest BCUT2D eigenvalue weighted by atomic mass is 19.1. The smallest absolute Gasteiger partial charge is 0.258 e. The predicted molar refractivity (Wildman–Crippen MR) is 82.9 cm³/mol. The van der Waals surface area contributed by atoms with Gasteiger partial charge in [-0.3, -0.25) is 4.79 Å². The largest absolute Gasteiger partial charge is 0.484 e. The minimum atomic E-state index is -0.307. The van der Waals surface area contributed by atoms with E-state index in [9.17, 15) is 9.18 Å². The van der Waals surface area contributed by atoms with E-state index in [1.165, 1.54) is 23.1 Å². The highest BCUT2D eigenvalue weighted by Gasteiger charge is 2.04. The lowest BCUT2D eigenvalue weighted by Crippen LogP contribution is -2.28. The summed E-state index contributed by atoms with van der Waals surface area (Å²) in [5.74, 6) is -0.00818. The molecule has 24 heavy (non-hydrogen) atoms. The van der Waals surface area contributed by atoms with Crippen molar-refractivity contribution in [3.05, 3.63) is 66.2 Å². The third kappa shape index (κ3) is 4.13. The van der Waals surface area contributed by atoms with Gasteiger partial charge in [-0.05, 0) is 52.4 Å². The van der Waals surface area contributed by atoms with Crippen molar-refractivity contribution < 1.29 is 13.9 Å². The van der Waals surface area contributed by atoms with Crippen LogP contribution >= 0.6 is 0 Å². The monoisotopic (exact) mass is 327 g/mol. The first-order chi connectivity index (χ1) is 11.7. The molecule has 0 atom stereocenters. The van der Waals surface area contributed by atoms with Gasteiger partial charge in [-0.15, -0.1) is 5.10 Å². The van der Waals surface area contributed by atoms with Gasteiger partial charge in [-0.2, -0.15) is 0 Å². The minimum absolute atomic E-state index is 0.106. The van der Waals surface area contributed by atoms with Crippen molar-refractivity contribution in [2.24, 2.45) is 0 Å². The molecule has 0 fully saturated rings. The Morgan fingerprint density at radius 2 is 1.88 bits per heavy atom. The fourth-order valence-electron chi connectivity index (χ4n) is 1.98. The summed E-state index contributed by atoms with van der Waals surface area (Å²) in [6.45, 7) is 0.214. The second-order valence-corrected chi connectivity index (χ2v) is 4.94. The number of benzene rings is 2. The van der Waals surface area contributed by atoms with E-state index in [1.54, 1.807) is 36.4 Å². The molecule has 0 spiro atoms. The Morgan fingerprint density at radius 3 is 2.54 bits per heavy atom. The third-order valence-corrected chi connectivity index (χ3v) is 3.22. The van der Waals surface area contributed by atoms with Crippen molar-refractivity contribution >= 4 is 5.91 Å². The number of nitrogens with zero attached hydrogens (tertiary/aromatic N) is 4. The maximum Gasteiger partial charge on any atom is 0.258 e. The second-order valence-electron chi connectivity index (χ2n) is 4.94. The average Bonchev–Trinajstić information content (AvgIpc) is 3.14. The molecule has 2 aromatic carbocycles. The highest BCUT2D eigenvalue weighted by molar-refractivity contribution is 5.77. The van der Waals surface area contributed by atoms with E-state index in [-0.39, 0.29) is 18.3 Å². The van der Waals surface area contributed by atoms with E-state index >= 15 is 0 Å². The van der Waals surface area contributed by atoms with E-state index in [1.807, 2.05) is 0 Å². The van der Waals surface area contributed by atoms with Crippen LogP contribution in [0.15, 0.2) is 54.9 Å². The molecular weight excluding hydrogens is 313 g/mol. The van der Waals surface area contributed by atoms with Crippen molar-refractivity contribution in [2.45, 2.75) is 6.54 Å². The van der Waals surface area contributed by atoms with Gasteiger partial charge in [0.15, 0.2) is 6.61 Å². The zero-order valence-electron chi connectivity index (χ0n) is 12.6. The summed E-state index contributed by atoms with van der Waals surface area (Å²) >= 11 is 0. The van der Waals surface area contributed by atoms with Gasteiger partial charge in [0.2, 0.25) is 0 Å². The van der Waals surface area contributed by atoms with E-state index in [2.05, 4.69) is 20.8 Å². The van der Waals surface area contributed by atoms with E-state index in [0.29, 0.717) is 12.3 Å². The van der Waals surface area contributed by atoms with Crippen LogP contribution in [0.25, 0.3) is 5.69 Å². The molecule has 3 rings (SSSR count). The number of carbonyl (C=O) groups is 1. The summed E-state index contributed by atoms with van der Waals surface area (Å²) in [7, 11) is 0. The molecule has 0 aliphatic carbocycles. The molecule has 7 nitrogen and oxygen atoms in total. The van der Waals surface area contributed by atoms with Crippen molar-refractivity contribution in [1.29, 1.82) is 0 Å². The number of rotatable bonds is 6. The fraction of sp³-hybridized carbons (Fsp3) is 0.125. The quantitative estimate of drug-likeness (QED) is 0.742. The molecule has 1 heterocycles. The van der Waals surface area contributed by atoms with Crippen molar-refractivity contribution in [2.75, 3.05) is 6.61 Å². The Labute approximate surface area is 137 Å². The Kier molecular flexibility index (Phi) is 4.76. The van der Waals surface area contributed by atoms with Gasteiger partial charge in [0.05, 0.1) is 5.69 Å². The van der Waals surface area contributed by atoms with Gasteiger partial charge in [-0.25, -0.2) is 9.07 Å². The van der Waals surface area contributed by atoms with Crippen LogP contribution in [0.3, 0.4) is 0 Å². The number of ether oxygens (including phenoxy) is 1. The molecule has 0 unspecified atom stereocenters. The van der Waals surface area contributed by atoms with Crippen LogP contribution < -0.4 is 10.1 Å². The predicted octanol–water partition coefficient (Wildman–Crippen LogP) is 1.50. The van der Waals surface area contributed by atoms with Crippen LogP contribution in [-0.2, 0) is 11.3 Å². The first kappa shape index (κ1) is 15.6. The minimum Gasteiger partial charge on any atom is -0.484 e. The normalized spacial score (nSPS) is 10.4. The molecule has 122 valence electrons. The number of carbonyl (C=O) groups excluding carboxylic acids is 1. The number of tetrazole rings is 1. The summed E-state index contributed by atoms with van der Waals surface area (Å²) in [5, 5.41) is 13.6. The summed E-state index contributed by atoms with van der Waals surface area (Å²) in [4.78, 5) is 11.8. The molecule has 8 heteroatoms. The van der Waals surface area contributed by atoms with Crippen molar-refractivity contribution in [1.82, 2.24) is 25.5 Å². The third-order valence-electron chi connectivity index (χ3n) is 3.22. The lowest BCUT2D eigenvalue weighted by Gasteiger charge is -2.08. The number of amides is 1.